The third-order valence-corrected chi connectivity index (χ3v) is 2.45. The van der Waals surface area contributed by atoms with Crippen LogP contribution in [0.15, 0.2) is 10.6 Å². The van der Waals surface area contributed by atoms with E-state index in [1.165, 1.54) is 0 Å². The van der Waals surface area contributed by atoms with Crippen LogP contribution in [0.25, 0.3) is 0 Å². The molecule has 0 amide bonds. The van der Waals surface area contributed by atoms with E-state index in [1.54, 1.807) is 0 Å². The van der Waals surface area contributed by atoms with E-state index in [4.69, 9.17) is 10.2 Å². The van der Waals surface area contributed by atoms with Crippen molar-refractivity contribution in [2.24, 2.45) is 10.6 Å². The second-order valence-electron chi connectivity index (χ2n) is 4.14. The largest absolute Gasteiger partial charge is 0.480 e. The van der Waals surface area contributed by atoms with Crippen LogP contribution in [-0.2, 0) is 9.59 Å². The summed E-state index contributed by atoms with van der Waals surface area (Å²) in [6, 6.07) is 0. The first-order chi connectivity index (χ1) is 9.49. The average molecular weight is 290 g/mol. The molecule has 0 aliphatic carbocycles. The summed E-state index contributed by atoms with van der Waals surface area (Å²) in [7, 11) is 0. The number of hydrogen-bond acceptors (Lipinski definition) is 6. The molecule has 0 saturated heterocycles. The molecule has 10 heteroatoms. The Labute approximate surface area is 115 Å². The fraction of sp³-hybridized carbons (Fsp3) is 0.800. The molecule has 0 aliphatic rings. The fourth-order valence-electron chi connectivity index (χ4n) is 1.55. The van der Waals surface area contributed by atoms with Crippen molar-refractivity contribution in [2.45, 2.75) is 25.7 Å². The van der Waals surface area contributed by atoms with Gasteiger partial charge in [0.1, 0.15) is 13.1 Å². The Morgan fingerprint density at radius 2 is 1.10 bits per heavy atom. The van der Waals surface area contributed by atoms with Crippen molar-refractivity contribution in [1.82, 2.24) is 10.0 Å². The Morgan fingerprint density at radius 1 is 0.750 bits per heavy atom. The SMILES string of the molecule is O=NN(CCCCCCN(CC(=O)O)N=O)CC(=O)O. The van der Waals surface area contributed by atoms with Gasteiger partial charge in [-0.1, -0.05) is 12.8 Å². The van der Waals surface area contributed by atoms with Gasteiger partial charge in [-0.15, -0.1) is 9.81 Å². The Balaban J connectivity index is 3.65. The van der Waals surface area contributed by atoms with Crippen LogP contribution in [0, 0.1) is 9.81 Å². The van der Waals surface area contributed by atoms with Gasteiger partial charge in [0.15, 0.2) is 0 Å². The molecule has 0 unspecified atom stereocenters. The van der Waals surface area contributed by atoms with Crippen LogP contribution in [0.3, 0.4) is 0 Å². The zero-order valence-electron chi connectivity index (χ0n) is 11.0. The Hall–Kier alpha value is -2.26. The molecular formula is C10H18N4O6. The van der Waals surface area contributed by atoms with Gasteiger partial charge in [0.2, 0.25) is 0 Å². The molecule has 2 N–H and O–H groups in total. The first-order valence-electron chi connectivity index (χ1n) is 6.09. The van der Waals surface area contributed by atoms with E-state index in [9.17, 15) is 19.4 Å². The minimum atomic E-state index is -1.12. The second-order valence-corrected chi connectivity index (χ2v) is 4.14. The molecule has 0 rings (SSSR count). The number of hydrogen-bond donors (Lipinski definition) is 2. The molecule has 0 atom stereocenters. The highest BCUT2D eigenvalue weighted by Gasteiger charge is 2.09. The lowest BCUT2D eigenvalue weighted by atomic mass is 10.2. The quantitative estimate of drug-likeness (QED) is 0.286. The third-order valence-electron chi connectivity index (χ3n) is 2.45. The van der Waals surface area contributed by atoms with E-state index in [-0.39, 0.29) is 13.1 Å². The van der Waals surface area contributed by atoms with Crippen molar-refractivity contribution in [1.29, 1.82) is 0 Å². The van der Waals surface area contributed by atoms with E-state index in [1.807, 2.05) is 0 Å². The van der Waals surface area contributed by atoms with Crippen molar-refractivity contribution in [3.63, 3.8) is 0 Å². The highest BCUT2D eigenvalue weighted by atomic mass is 16.4. The number of nitroso groups, excluding NO2 is 2. The maximum Gasteiger partial charge on any atom is 0.324 e. The summed E-state index contributed by atoms with van der Waals surface area (Å²) in [5.74, 6) is -2.24. The summed E-state index contributed by atoms with van der Waals surface area (Å²) in [5.41, 5.74) is 0. The number of aliphatic carboxylic acids is 2. The number of carbonyl (C=O) groups is 2. The molecule has 10 nitrogen and oxygen atoms in total. The van der Waals surface area contributed by atoms with E-state index in [2.05, 4.69) is 10.6 Å². The molecular weight excluding hydrogens is 272 g/mol. The molecule has 0 aromatic carbocycles. The van der Waals surface area contributed by atoms with Crippen molar-refractivity contribution < 1.29 is 19.8 Å². The predicted molar refractivity (Wildman–Crippen MR) is 68.5 cm³/mol. The van der Waals surface area contributed by atoms with E-state index in [0.717, 1.165) is 10.0 Å². The summed E-state index contributed by atoms with van der Waals surface area (Å²) >= 11 is 0. The van der Waals surface area contributed by atoms with Gasteiger partial charge in [-0.3, -0.25) is 9.59 Å². The van der Waals surface area contributed by atoms with Gasteiger partial charge in [0, 0.05) is 13.1 Å². The Kier molecular flexibility index (Phi) is 9.44. The van der Waals surface area contributed by atoms with Crippen LogP contribution in [0.4, 0.5) is 0 Å². The summed E-state index contributed by atoms with van der Waals surface area (Å²) in [6.07, 6.45) is 2.61. The number of carboxylic acids is 2. The second kappa shape index (κ2) is 10.6. The lowest BCUT2D eigenvalue weighted by Crippen LogP contribution is -2.26. The summed E-state index contributed by atoms with van der Waals surface area (Å²) in [4.78, 5) is 41.3. The lowest BCUT2D eigenvalue weighted by molar-refractivity contribution is -0.139. The van der Waals surface area contributed by atoms with Gasteiger partial charge >= 0.3 is 11.9 Å². The topological polar surface area (TPSA) is 140 Å². The zero-order chi connectivity index (χ0) is 15.4. The van der Waals surface area contributed by atoms with Gasteiger partial charge in [-0.25, -0.2) is 10.0 Å². The Bertz CT molecular complexity index is 306. The molecule has 0 spiro atoms. The standard InChI is InChI=1S/C10H18N4O6/c15-9(16)7-13(11-19)5-3-1-2-4-6-14(12-20)8-10(17)18/h1-8H2,(H,15,16)(H,17,18). The smallest absolute Gasteiger partial charge is 0.324 e. The average Bonchev–Trinajstić information content (AvgIpc) is 2.38. The van der Waals surface area contributed by atoms with Crippen molar-refractivity contribution >= 4 is 11.9 Å². The molecule has 0 fully saturated rings. The van der Waals surface area contributed by atoms with Gasteiger partial charge < -0.3 is 10.2 Å². The van der Waals surface area contributed by atoms with Crippen LogP contribution >= 0.6 is 0 Å². The molecule has 0 aliphatic heterocycles. The van der Waals surface area contributed by atoms with Crippen LogP contribution in [-0.4, -0.2) is 58.3 Å². The summed E-state index contributed by atoms with van der Waals surface area (Å²) in [5, 5.41) is 24.0. The minimum absolute atomic E-state index is 0.251. The normalized spacial score (nSPS) is 9.80. The van der Waals surface area contributed by atoms with Crippen LogP contribution < -0.4 is 0 Å². The van der Waals surface area contributed by atoms with Crippen LogP contribution in [0.2, 0.25) is 0 Å². The highest BCUT2D eigenvalue weighted by molar-refractivity contribution is 5.69. The minimum Gasteiger partial charge on any atom is -0.480 e. The van der Waals surface area contributed by atoms with Crippen LogP contribution in [0.1, 0.15) is 25.7 Å². The molecule has 0 heterocycles. The summed E-state index contributed by atoms with van der Waals surface area (Å²) in [6.45, 7) is -0.350. The van der Waals surface area contributed by atoms with Crippen LogP contribution in [0.5, 0.6) is 0 Å². The number of rotatable bonds is 13. The molecule has 20 heavy (non-hydrogen) atoms. The molecule has 0 radical (unpaired) electrons. The fourth-order valence-corrected chi connectivity index (χ4v) is 1.55. The van der Waals surface area contributed by atoms with E-state index < -0.39 is 25.0 Å². The monoisotopic (exact) mass is 290 g/mol. The first kappa shape index (κ1) is 17.7. The molecule has 0 saturated carbocycles. The van der Waals surface area contributed by atoms with Gasteiger partial charge in [-0.05, 0) is 12.8 Å². The van der Waals surface area contributed by atoms with Gasteiger partial charge in [0.25, 0.3) is 0 Å². The number of unbranched alkanes of at least 4 members (excludes halogenated alkanes) is 3. The van der Waals surface area contributed by atoms with Gasteiger partial charge in [0.05, 0.1) is 10.6 Å². The van der Waals surface area contributed by atoms with E-state index in [0.29, 0.717) is 25.7 Å². The zero-order valence-corrected chi connectivity index (χ0v) is 11.0. The third kappa shape index (κ3) is 9.74. The van der Waals surface area contributed by atoms with Gasteiger partial charge in [-0.2, -0.15) is 0 Å². The highest BCUT2D eigenvalue weighted by Crippen LogP contribution is 2.04. The lowest BCUT2D eigenvalue weighted by Gasteiger charge is -2.13. The number of nitrogens with zero attached hydrogens (tertiary/aromatic N) is 4. The molecule has 114 valence electrons. The first-order valence-corrected chi connectivity index (χ1v) is 6.09. The summed E-state index contributed by atoms with van der Waals surface area (Å²) < 4.78 is 0. The van der Waals surface area contributed by atoms with Crippen molar-refractivity contribution in [2.75, 3.05) is 26.2 Å². The van der Waals surface area contributed by atoms with Crippen molar-refractivity contribution in [3.05, 3.63) is 9.81 Å². The Morgan fingerprint density at radius 3 is 1.35 bits per heavy atom. The maximum atomic E-state index is 10.4. The van der Waals surface area contributed by atoms with E-state index >= 15 is 0 Å². The number of carboxylic acid groups (broad SMARTS) is 2. The maximum absolute atomic E-state index is 10.4. The van der Waals surface area contributed by atoms with Crippen molar-refractivity contribution in [3.8, 4) is 0 Å². The molecule has 0 aromatic heterocycles. The molecule has 0 bridgehead atoms. The predicted octanol–water partition coefficient (Wildman–Crippen LogP) is 0.683. The molecule has 0 aromatic rings.